The Morgan fingerprint density at radius 2 is 2.16 bits per heavy atom. The van der Waals surface area contributed by atoms with Gasteiger partial charge in [-0.1, -0.05) is 41.4 Å². The van der Waals surface area contributed by atoms with Crippen LogP contribution in [0.3, 0.4) is 0 Å². The molecule has 1 aromatic carbocycles. The van der Waals surface area contributed by atoms with Crippen LogP contribution in [0.25, 0.3) is 10.1 Å². The Labute approximate surface area is 123 Å². The van der Waals surface area contributed by atoms with Crippen molar-refractivity contribution < 1.29 is 0 Å². The molecule has 1 aliphatic carbocycles. The topological polar surface area (TPSA) is 12.0 Å². The molecule has 1 aliphatic rings. The highest BCUT2D eigenvalue weighted by Crippen LogP contribution is 2.34. The molecule has 1 heterocycles. The van der Waals surface area contributed by atoms with E-state index in [1.165, 1.54) is 40.6 Å². The van der Waals surface area contributed by atoms with Crippen molar-refractivity contribution >= 4 is 33.0 Å². The van der Waals surface area contributed by atoms with Crippen LogP contribution < -0.4 is 5.32 Å². The maximum absolute atomic E-state index is 6.42. The Morgan fingerprint density at radius 1 is 1.26 bits per heavy atom. The molecule has 0 fully saturated rings. The number of nitrogens with one attached hydrogen (secondary N) is 1. The van der Waals surface area contributed by atoms with E-state index >= 15 is 0 Å². The Kier molecular flexibility index (Phi) is 4.21. The Bertz CT molecular complexity index is 600. The number of hydrogen-bond donors (Lipinski definition) is 1. The quantitative estimate of drug-likeness (QED) is 0.594. The van der Waals surface area contributed by atoms with Gasteiger partial charge >= 0.3 is 0 Å². The monoisotopic (exact) mass is 291 g/mol. The number of allylic oxidation sites excluding steroid dienone is 1. The predicted molar refractivity (Wildman–Crippen MR) is 85.1 cm³/mol. The van der Waals surface area contributed by atoms with E-state index in [1.807, 2.05) is 6.07 Å². The lowest BCUT2D eigenvalue weighted by atomic mass is 10.2. The third-order valence-corrected chi connectivity index (χ3v) is 5.36. The number of halogens is 1. The van der Waals surface area contributed by atoms with E-state index in [4.69, 9.17) is 11.6 Å². The third kappa shape index (κ3) is 3.02. The normalized spacial score (nSPS) is 15.1. The number of hydrogen-bond acceptors (Lipinski definition) is 2. The van der Waals surface area contributed by atoms with Crippen molar-refractivity contribution in [1.82, 2.24) is 5.32 Å². The van der Waals surface area contributed by atoms with Gasteiger partial charge < -0.3 is 5.32 Å². The highest BCUT2D eigenvalue weighted by Gasteiger charge is 2.09. The van der Waals surface area contributed by atoms with Crippen LogP contribution in [0, 0.1) is 0 Å². The maximum atomic E-state index is 6.42. The van der Waals surface area contributed by atoms with Crippen molar-refractivity contribution in [2.24, 2.45) is 0 Å². The van der Waals surface area contributed by atoms with E-state index in [-0.39, 0.29) is 0 Å². The molecule has 2 aromatic rings. The van der Waals surface area contributed by atoms with Gasteiger partial charge in [-0.15, -0.1) is 11.3 Å². The van der Waals surface area contributed by atoms with Crippen LogP contribution in [0.2, 0.25) is 5.02 Å². The molecule has 0 amide bonds. The SMILES string of the molecule is Clc1c(CNCCC2=CCCC2)sc2ccccc12. The van der Waals surface area contributed by atoms with Gasteiger partial charge in [0.25, 0.3) is 0 Å². The first-order valence-electron chi connectivity index (χ1n) is 6.89. The zero-order valence-electron chi connectivity index (χ0n) is 10.9. The van der Waals surface area contributed by atoms with Crippen molar-refractivity contribution in [3.05, 3.63) is 45.8 Å². The largest absolute Gasteiger partial charge is 0.311 e. The van der Waals surface area contributed by atoms with Gasteiger partial charge in [-0.3, -0.25) is 0 Å². The molecule has 0 spiro atoms. The first-order valence-corrected chi connectivity index (χ1v) is 8.08. The summed E-state index contributed by atoms with van der Waals surface area (Å²) in [4.78, 5) is 1.25. The fraction of sp³-hybridized carbons (Fsp3) is 0.375. The summed E-state index contributed by atoms with van der Waals surface area (Å²) in [5.74, 6) is 0. The van der Waals surface area contributed by atoms with Gasteiger partial charge in [0.15, 0.2) is 0 Å². The third-order valence-electron chi connectivity index (χ3n) is 3.64. The minimum Gasteiger partial charge on any atom is -0.311 e. The molecular weight excluding hydrogens is 274 g/mol. The molecule has 0 radical (unpaired) electrons. The van der Waals surface area contributed by atoms with E-state index in [1.54, 1.807) is 16.9 Å². The number of rotatable bonds is 5. The maximum Gasteiger partial charge on any atom is 0.0636 e. The minimum absolute atomic E-state index is 0.880. The van der Waals surface area contributed by atoms with Gasteiger partial charge in [-0.25, -0.2) is 0 Å². The molecule has 0 bridgehead atoms. The summed E-state index contributed by atoms with van der Waals surface area (Å²) in [6.45, 7) is 1.93. The molecule has 0 saturated carbocycles. The molecule has 0 saturated heterocycles. The standard InChI is InChI=1S/C16H18ClNS/c17-16-13-7-3-4-8-14(13)19-15(16)11-18-10-9-12-5-1-2-6-12/h3-5,7-8,18H,1-2,6,9-11H2. The van der Waals surface area contributed by atoms with Gasteiger partial charge in [-0.2, -0.15) is 0 Å². The van der Waals surface area contributed by atoms with Crippen molar-refractivity contribution in [1.29, 1.82) is 0 Å². The van der Waals surface area contributed by atoms with Crippen LogP contribution >= 0.6 is 22.9 Å². The molecule has 0 atom stereocenters. The van der Waals surface area contributed by atoms with Crippen LogP contribution in [-0.4, -0.2) is 6.54 Å². The van der Waals surface area contributed by atoms with Gasteiger partial charge in [0.05, 0.1) is 5.02 Å². The van der Waals surface area contributed by atoms with Gasteiger partial charge in [0.1, 0.15) is 0 Å². The highest BCUT2D eigenvalue weighted by atomic mass is 35.5. The lowest BCUT2D eigenvalue weighted by Crippen LogP contribution is -2.14. The second-order valence-corrected chi connectivity index (χ2v) is 6.53. The second-order valence-electron chi connectivity index (χ2n) is 5.02. The van der Waals surface area contributed by atoms with Crippen LogP contribution in [0.4, 0.5) is 0 Å². The summed E-state index contributed by atoms with van der Waals surface area (Å²) in [6, 6.07) is 8.35. The summed E-state index contributed by atoms with van der Waals surface area (Å²) >= 11 is 8.22. The smallest absolute Gasteiger partial charge is 0.0636 e. The van der Waals surface area contributed by atoms with Crippen molar-refractivity contribution in [3.8, 4) is 0 Å². The van der Waals surface area contributed by atoms with Crippen LogP contribution in [-0.2, 0) is 6.54 Å². The van der Waals surface area contributed by atoms with Crippen LogP contribution in [0.15, 0.2) is 35.9 Å². The molecule has 0 aliphatic heterocycles. The number of fused-ring (bicyclic) bond motifs is 1. The molecule has 1 aromatic heterocycles. The lowest BCUT2D eigenvalue weighted by Gasteiger charge is -2.04. The molecule has 3 rings (SSSR count). The van der Waals surface area contributed by atoms with Gasteiger partial charge in [0.2, 0.25) is 0 Å². The van der Waals surface area contributed by atoms with E-state index < -0.39 is 0 Å². The average Bonchev–Trinajstić information content (AvgIpc) is 3.04. The average molecular weight is 292 g/mol. The first-order chi connectivity index (χ1) is 9.34. The van der Waals surface area contributed by atoms with Crippen molar-refractivity contribution in [2.45, 2.75) is 32.2 Å². The summed E-state index contributed by atoms with van der Waals surface area (Å²) in [5, 5.41) is 5.62. The highest BCUT2D eigenvalue weighted by molar-refractivity contribution is 7.19. The van der Waals surface area contributed by atoms with Gasteiger partial charge in [-0.05, 0) is 38.3 Å². The number of thiophene rings is 1. The van der Waals surface area contributed by atoms with E-state index in [9.17, 15) is 0 Å². The Balaban J connectivity index is 1.57. The second kappa shape index (κ2) is 6.08. The van der Waals surface area contributed by atoms with Crippen LogP contribution in [0.1, 0.15) is 30.6 Å². The van der Waals surface area contributed by atoms with Crippen LogP contribution in [0.5, 0.6) is 0 Å². The molecule has 100 valence electrons. The van der Waals surface area contributed by atoms with E-state index in [0.29, 0.717) is 0 Å². The summed E-state index contributed by atoms with van der Waals surface area (Å²) in [5.41, 5.74) is 1.62. The van der Waals surface area contributed by atoms with E-state index in [0.717, 1.165) is 18.1 Å². The predicted octanol–water partition coefficient (Wildman–Crippen LogP) is 5.14. The fourth-order valence-electron chi connectivity index (χ4n) is 2.59. The first kappa shape index (κ1) is 13.2. The zero-order valence-corrected chi connectivity index (χ0v) is 12.5. The summed E-state index contributed by atoms with van der Waals surface area (Å²) in [6.07, 6.45) is 7.50. The molecule has 3 heteroatoms. The Hall–Kier alpha value is -0.830. The minimum atomic E-state index is 0.880. The molecule has 1 nitrogen and oxygen atoms in total. The zero-order chi connectivity index (χ0) is 13.1. The van der Waals surface area contributed by atoms with Crippen molar-refractivity contribution in [3.63, 3.8) is 0 Å². The number of benzene rings is 1. The molecule has 19 heavy (non-hydrogen) atoms. The Morgan fingerprint density at radius 3 is 2.95 bits per heavy atom. The van der Waals surface area contributed by atoms with E-state index in [2.05, 4.69) is 29.6 Å². The lowest BCUT2D eigenvalue weighted by molar-refractivity contribution is 0.682. The molecule has 0 unspecified atom stereocenters. The molecule has 1 N–H and O–H groups in total. The fourth-order valence-corrected chi connectivity index (χ4v) is 4.06. The van der Waals surface area contributed by atoms with Crippen molar-refractivity contribution in [2.75, 3.05) is 6.54 Å². The summed E-state index contributed by atoms with van der Waals surface area (Å²) < 4.78 is 1.28. The van der Waals surface area contributed by atoms with Gasteiger partial charge in [0, 0.05) is 21.5 Å². The molecular formula is C16H18ClNS. The summed E-state index contributed by atoms with van der Waals surface area (Å²) in [7, 11) is 0.